The molecule has 0 aromatic rings. The van der Waals surface area contributed by atoms with Gasteiger partial charge in [-0.05, 0) is 18.8 Å². The van der Waals surface area contributed by atoms with E-state index < -0.39 is 0 Å². The maximum atomic E-state index is 12.1. The Morgan fingerprint density at radius 3 is 2.45 bits per heavy atom. The fraction of sp³-hybridized carbons (Fsp3) is 0.765. The molecule has 1 N–H and O–H groups in total. The maximum Gasteiger partial charge on any atom is 0.168 e. The predicted octanol–water partition coefficient (Wildman–Crippen LogP) is 4.62. The topological polar surface area (TPSA) is 49.7 Å². The number of carbonyl (C=O) groups excluding carboxylic acids is 1. The van der Waals surface area contributed by atoms with Crippen molar-refractivity contribution in [1.82, 2.24) is 0 Å². The summed E-state index contributed by atoms with van der Waals surface area (Å²) < 4.78 is 0. The first kappa shape index (κ1) is 16.9. The van der Waals surface area contributed by atoms with Crippen molar-refractivity contribution in [2.45, 2.75) is 72.6 Å². The Morgan fingerprint density at radius 2 is 1.85 bits per heavy atom. The number of hydrogen-bond acceptors (Lipinski definition) is 3. The summed E-state index contributed by atoms with van der Waals surface area (Å²) in [6, 6.07) is 0. The van der Waals surface area contributed by atoms with Crippen molar-refractivity contribution in [2.24, 2.45) is 10.4 Å². The van der Waals surface area contributed by atoms with Crippen molar-refractivity contribution in [3.05, 3.63) is 11.3 Å². The number of carbonyl (C=O) groups is 1. The highest BCUT2D eigenvalue weighted by atomic mass is 16.3. The fourth-order valence-electron chi connectivity index (χ4n) is 2.74. The normalized spacial score (nSPS) is 19.6. The third-order valence-corrected chi connectivity index (χ3v) is 3.82. The van der Waals surface area contributed by atoms with Gasteiger partial charge in [0.05, 0.1) is 5.57 Å². The van der Waals surface area contributed by atoms with Gasteiger partial charge in [0.15, 0.2) is 5.78 Å². The Bertz CT molecular complexity index is 405. The van der Waals surface area contributed by atoms with Gasteiger partial charge in [-0.15, -0.1) is 0 Å². The molecule has 0 bridgehead atoms. The van der Waals surface area contributed by atoms with Gasteiger partial charge in [0.2, 0.25) is 0 Å². The SMILES string of the molecule is CCCCCCCN=C(C)C1=C(O)CC(C)(C)CC1=O. The number of allylic oxidation sites excluding steroid dienone is 2. The Balaban J connectivity index is 2.57. The number of aliphatic hydroxyl groups excluding tert-OH is 1. The minimum absolute atomic E-state index is 0.0333. The van der Waals surface area contributed by atoms with E-state index in [-0.39, 0.29) is 17.0 Å². The molecular weight excluding hydrogens is 250 g/mol. The lowest BCUT2D eigenvalue weighted by molar-refractivity contribution is -0.117. The highest BCUT2D eigenvalue weighted by molar-refractivity contribution is 6.22. The number of hydrogen-bond donors (Lipinski definition) is 1. The first-order valence-electron chi connectivity index (χ1n) is 7.84. The number of aliphatic imine (C=N–C) groups is 1. The molecule has 114 valence electrons. The third-order valence-electron chi connectivity index (χ3n) is 3.82. The van der Waals surface area contributed by atoms with Gasteiger partial charge in [-0.25, -0.2) is 0 Å². The largest absolute Gasteiger partial charge is 0.511 e. The van der Waals surface area contributed by atoms with Crippen LogP contribution in [0.25, 0.3) is 0 Å². The van der Waals surface area contributed by atoms with Gasteiger partial charge < -0.3 is 5.11 Å². The van der Waals surface area contributed by atoms with Gasteiger partial charge in [0.25, 0.3) is 0 Å². The summed E-state index contributed by atoms with van der Waals surface area (Å²) in [5.74, 6) is 0.254. The van der Waals surface area contributed by atoms with Crippen molar-refractivity contribution < 1.29 is 9.90 Å². The molecule has 0 fully saturated rings. The molecule has 1 aliphatic carbocycles. The van der Waals surface area contributed by atoms with Crippen LogP contribution < -0.4 is 0 Å². The lowest BCUT2D eigenvalue weighted by atomic mass is 9.76. The summed E-state index contributed by atoms with van der Waals surface area (Å²) in [5.41, 5.74) is 1.04. The molecule has 0 radical (unpaired) electrons. The van der Waals surface area contributed by atoms with Crippen LogP contribution in [0.2, 0.25) is 0 Å². The predicted molar refractivity (Wildman–Crippen MR) is 84.4 cm³/mol. The Hall–Kier alpha value is -1.12. The zero-order valence-electron chi connectivity index (χ0n) is 13.5. The molecule has 0 atom stereocenters. The summed E-state index contributed by atoms with van der Waals surface area (Å²) >= 11 is 0. The minimum atomic E-state index is -0.134. The molecule has 0 unspecified atom stereocenters. The highest BCUT2D eigenvalue weighted by Crippen LogP contribution is 2.36. The molecular formula is C17H29NO2. The first-order valence-corrected chi connectivity index (χ1v) is 7.84. The number of rotatable bonds is 7. The summed E-state index contributed by atoms with van der Waals surface area (Å²) in [7, 11) is 0. The van der Waals surface area contributed by atoms with E-state index in [1.807, 2.05) is 20.8 Å². The average molecular weight is 279 g/mol. The van der Waals surface area contributed by atoms with Crippen molar-refractivity contribution >= 4 is 11.5 Å². The molecule has 0 aliphatic heterocycles. The molecule has 1 rings (SSSR count). The summed E-state index contributed by atoms with van der Waals surface area (Å²) in [6.07, 6.45) is 7.09. The Morgan fingerprint density at radius 1 is 1.20 bits per heavy atom. The highest BCUT2D eigenvalue weighted by Gasteiger charge is 2.33. The second kappa shape index (κ2) is 7.61. The first-order chi connectivity index (χ1) is 9.37. The lowest BCUT2D eigenvalue weighted by Gasteiger charge is -2.29. The molecule has 20 heavy (non-hydrogen) atoms. The van der Waals surface area contributed by atoms with Crippen LogP contribution in [0.15, 0.2) is 16.3 Å². The zero-order valence-corrected chi connectivity index (χ0v) is 13.5. The number of ketones is 1. The maximum absolute atomic E-state index is 12.1. The van der Waals surface area contributed by atoms with Crippen molar-refractivity contribution in [2.75, 3.05) is 6.54 Å². The summed E-state index contributed by atoms with van der Waals surface area (Å²) in [4.78, 5) is 16.6. The van der Waals surface area contributed by atoms with Crippen molar-refractivity contribution in [1.29, 1.82) is 0 Å². The van der Waals surface area contributed by atoms with E-state index in [0.29, 0.717) is 24.1 Å². The lowest BCUT2D eigenvalue weighted by Crippen LogP contribution is -2.28. The van der Waals surface area contributed by atoms with Crippen LogP contribution in [-0.2, 0) is 4.79 Å². The van der Waals surface area contributed by atoms with Crippen LogP contribution in [0.1, 0.15) is 72.6 Å². The van der Waals surface area contributed by atoms with Crippen LogP contribution >= 0.6 is 0 Å². The standard InChI is InChI=1S/C17H29NO2/c1-5-6-7-8-9-10-18-13(2)16-14(19)11-17(3,4)12-15(16)20/h19H,5-12H2,1-4H3. The van der Waals surface area contributed by atoms with Crippen LogP contribution in [0.4, 0.5) is 0 Å². The number of aliphatic hydroxyl groups is 1. The van der Waals surface area contributed by atoms with Crippen molar-refractivity contribution in [3.63, 3.8) is 0 Å². The fourth-order valence-corrected chi connectivity index (χ4v) is 2.74. The second-order valence-corrected chi connectivity index (χ2v) is 6.64. The van der Waals surface area contributed by atoms with Gasteiger partial charge >= 0.3 is 0 Å². The molecule has 0 aromatic carbocycles. The van der Waals surface area contributed by atoms with E-state index in [2.05, 4.69) is 11.9 Å². The van der Waals surface area contributed by atoms with Gasteiger partial charge in [0.1, 0.15) is 5.76 Å². The minimum Gasteiger partial charge on any atom is -0.511 e. The van der Waals surface area contributed by atoms with Gasteiger partial charge in [-0.2, -0.15) is 0 Å². The molecule has 0 saturated carbocycles. The van der Waals surface area contributed by atoms with Crippen LogP contribution in [-0.4, -0.2) is 23.1 Å². The van der Waals surface area contributed by atoms with E-state index in [1.165, 1.54) is 25.7 Å². The van der Waals surface area contributed by atoms with Crippen molar-refractivity contribution in [3.8, 4) is 0 Å². The monoisotopic (exact) mass is 279 g/mol. The summed E-state index contributed by atoms with van der Waals surface area (Å²) in [6.45, 7) is 8.82. The zero-order chi connectivity index (χ0) is 15.2. The van der Waals surface area contributed by atoms with Gasteiger partial charge in [0, 0.05) is 25.1 Å². The summed E-state index contributed by atoms with van der Waals surface area (Å²) in [5, 5.41) is 10.1. The third kappa shape index (κ3) is 5.10. The molecule has 1 aliphatic rings. The van der Waals surface area contributed by atoms with Crippen LogP contribution in [0.3, 0.4) is 0 Å². The van der Waals surface area contributed by atoms with E-state index in [1.54, 1.807) is 0 Å². The van der Waals surface area contributed by atoms with E-state index >= 15 is 0 Å². The Kier molecular flexibility index (Phi) is 6.44. The molecule has 0 aromatic heterocycles. The smallest absolute Gasteiger partial charge is 0.168 e. The van der Waals surface area contributed by atoms with Gasteiger partial charge in [-0.3, -0.25) is 9.79 Å². The van der Waals surface area contributed by atoms with E-state index in [9.17, 15) is 9.90 Å². The number of unbranched alkanes of at least 4 members (excludes halogenated alkanes) is 4. The Labute approximate surface area is 123 Å². The second-order valence-electron chi connectivity index (χ2n) is 6.64. The van der Waals surface area contributed by atoms with Crippen LogP contribution in [0.5, 0.6) is 0 Å². The van der Waals surface area contributed by atoms with E-state index in [4.69, 9.17) is 0 Å². The molecule has 0 spiro atoms. The molecule has 3 heteroatoms. The molecule has 3 nitrogen and oxygen atoms in total. The van der Waals surface area contributed by atoms with E-state index in [0.717, 1.165) is 13.0 Å². The van der Waals surface area contributed by atoms with Gasteiger partial charge in [-0.1, -0.05) is 46.5 Å². The number of Topliss-reactive ketones (excluding diaryl/α,β-unsaturated/α-hetero) is 1. The molecule has 0 amide bonds. The van der Waals surface area contributed by atoms with Crippen LogP contribution in [0, 0.1) is 5.41 Å². The molecule has 0 saturated heterocycles. The number of nitrogens with zero attached hydrogens (tertiary/aromatic N) is 1. The average Bonchev–Trinajstić information content (AvgIpc) is 2.31. The quantitative estimate of drug-likeness (QED) is 0.546. The molecule has 0 heterocycles.